The molecule has 0 aliphatic heterocycles. The van der Waals surface area contributed by atoms with Gasteiger partial charge in [0.2, 0.25) is 0 Å². The molecule has 0 aliphatic rings. The van der Waals surface area contributed by atoms with E-state index in [9.17, 15) is 0 Å². The quantitative estimate of drug-likeness (QED) is 0.557. The van der Waals surface area contributed by atoms with E-state index in [0.717, 1.165) is 26.2 Å². The largest absolute Gasteiger partial charge is 0.374 e. The molecule has 0 radical (unpaired) electrons. The number of likely N-dealkylation sites (N-methyl/N-ethyl adjacent to an activating group) is 4. The highest BCUT2D eigenvalue weighted by molar-refractivity contribution is 4.71. The zero-order chi connectivity index (χ0) is 15.0. The molecule has 0 aromatic carbocycles. The monoisotopic (exact) mass is 274 g/mol. The summed E-state index contributed by atoms with van der Waals surface area (Å²) in [5.74, 6) is 0. The summed E-state index contributed by atoms with van der Waals surface area (Å²) < 4.78 is 6.14. The lowest BCUT2D eigenvalue weighted by molar-refractivity contribution is -0.00947. The van der Waals surface area contributed by atoms with Gasteiger partial charge in [0.25, 0.3) is 0 Å². The van der Waals surface area contributed by atoms with Gasteiger partial charge in [0.05, 0.1) is 12.7 Å². The van der Waals surface area contributed by atoms with Gasteiger partial charge >= 0.3 is 0 Å². The summed E-state index contributed by atoms with van der Waals surface area (Å²) in [7, 11) is 16.8. The summed E-state index contributed by atoms with van der Waals surface area (Å²) in [5.41, 5.74) is 0. The Kier molecular flexibility index (Phi) is 9.56. The Morgan fingerprint density at radius 1 is 0.684 bits per heavy atom. The Balaban J connectivity index is 4.31. The summed E-state index contributed by atoms with van der Waals surface area (Å²) in [5, 5.41) is 0. The van der Waals surface area contributed by atoms with E-state index in [1.54, 1.807) is 0 Å². The lowest BCUT2D eigenvalue weighted by Crippen LogP contribution is -2.44. The average molecular weight is 274 g/mol. The predicted octanol–water partition coefficient (Wildman–Crippen LogP) is -0.0134. The van der Waals surface area contributed by atoms with Crippen LogP contribution in [0.4, 0.5) is 0 Å². The normalized spacial score (nSPS) is 14.4. The second-order valence-corrected chi connectivity index (χ2v) is 6.36. The van der Waals surface area contributed by atoms with Crippen LogP contribution in [0.2, 0.25) is 0 Å². The fraction of sp³-hybridized carbons (Fsp3) is 1.00. The van der Waals surface area contributed by atoms with Crippen molar-refractivity contribution in [2.75, 3.05) is 82.6 Å². The minimum Gasteiger partial charge on any atom is -0.374 e. The second kappa shape index (κ2) is 9.66. The van der Waals surface area contributed by atoms with Crippen LogP contribution in [-0.2, 0) is 4.74 Å². The minimum absolute atomic E-state index is 0.259. The third-order valence-corrected chi connectivity index (χ3v) is 2.97. The minimum atomic E-state index is 0.259. The maximum Gasteiger partial charge on any atom is 0.0828 e. The zero-order valence-corrected chi connectivity index (χ0v) is 14.2. The summed E-state index contributed by atoms with van der Waals surface area (Å²) in [4.78, 5) is 8.82. The number of ether oxygens (including phenoxy) is 1. The number of hydrogen-bond acceptors (Lipinski definition) is 5. The SMILES string of the molecule is CN(C)CC(CN(C)C)OCC(CN(C)C)N(C)C. The van der Waals surface area contributed by atoms with Gasteiger partial charge in [-0.1, -0.05) is 0 Å². The third kappa shape index (κ3) is 10.3. The van der Waals surface area contributed by atoms with Gasteiger partial charge in [-0.3, -0.25) is 0 Å². The average Bonchev–Trinajstić information content (AvgIpc) is 2.21. The molecule has 0 aromatic heterocycles. The van der Waals surface area contributed by atoms with Crippen LogP contribution in [0.25, 0.3) is 0 Å². The van der Waals surface area contributed by atoms with E-state index in [1.165, 1.54) is 0 Å². The van der Waals surface area contributed by atoms with Crippen LogP contribution in [0.5, 0.6) is 0 Å². The van der Waals surface area contributed by atoms with E-state index >= 15 is 0 Å². The lowest BCUT2D eigenvalue weighted by Gasteiger charge is -2.30. The van der Waals surface area contributed by atoms with E-state index in [-0.39, 0.29) is 6.10 Å². The fourth-order valence-electron chi connectivity index (χ4n) is 2.01. The summed E-state index contributed by atoms with van der Waals surface area (Å²) in [6.07, 6.45) is 0.259. The molecule has 5 nitrogen and oxygen atoms in total. The Bertz CT molecular complexity index is 209. The molecule has 0 fully saturated rings. The van der Waals surface area contributed by atoms with Crippen molar-refractivity contribution in [1.29, 1.82) is 0 Å². The molecule has 0 aliphatic carbocycles. The van der Waals surface area contributed by atoms with Crippen molar-refractivity contribution in [3.05, 3.63) is 0 Å². The first-order chi connectivity index (χ1) is 8.72. The van der Waals surface area contributed by atoms with Gasteiger partial charge in [0, 0.05) is 25.7 Å². The second-order valence-electron chi connectivity index (χ2n) is 6.36. The van der Waals surface area contributed by atoms with Gasteiger partial charge in [0.1, 0.15) is 0 Å². The molecular formula is C14H34N4O. The lowest BCUT2D eigenvalue weighted by atomic mass is 10.2. The molecule has 5 heteroatoms. The highest BCUT2D eigenvalue weighted by Crippen LogP contribution is 2.02. The molecular weight excluding hydrogens is 240 g/mol. The summed E-state index contributed by atoms with van der Waals surface area (Å²) in [6, 6.07) is 0.432. The van der Waals surface area contributed by atoms with Crippen molar-refractivity contribution in [3.63, 3.8) is 0 Å². The molecule has 0 spiro atoms. The van der Waals surface area contributed by atoms with Gasteiger partial charge in [-0.15, -0.1) is 0 Å². The fourth-order valence-corrected chi connectivity index (χ4v) is 2.01. The van der Waals surface area contributed by atoms with Crippen LogP contribution in [0.1, 0.15) is 0 Å². The summed E-state index contributed by atoms with van der Waals surface area (Å²) >= 11 is 0. The Labute approximate surface area is 120 Å². The Morgan fingerprint density at radius 3 is 1.42 bits per heavy atom. The standard InChI is InChI=1S/C14H34N4O/c1-15(2)9-13(18(7)8)12-19-14(10-16(3)4)11-17(5)6/h13-14H,9-12H2,1-8H3. The number of hydrogen-bond donors (Lipinski definition) is 0. The van der Waals surface area contributed by atoms with E-state index in [4.69, 9.17) is 4.74 Å². The highest BCUT2D eigenvalue weighted by atomic mass is 16.5. The first-order valence-electron chi connectivity index (χ1n) is 6.94. The number of rotatable bonds is 10. The van der Waals surface area contributed by atoms with Gasteiger partial charge in [-0.2, -0.15) is 0 Å². The van der Waals surface area contributed by atoms with Crippen LogP contribution in [0.3, 0.4) is 0 Å². The Morgan fingerprint density at radius 2 is 1.11 bits per heavy atom. The van der Waals surface area contributed by atoms with E-state index in [2.05, 4.69) is 76.0 Å². The highest BCUT2D eigenvalue weighted by Gasteiger charge is 2.17. The van der Waals surface area contributed by atoms with Crippen LogP contribution in [0, 0.1) is 0 Å². The first-order valence-corrected chi connectivity index (χ1v) is 6.94. The number of nitrogens with zero attached hydrogens (tertiary/aromatic N) is 4. The molecule has 0 N–H and O–H groups in total. The topological polar surface area (TPSA) is 22.2 Å². The van der Waals surface area contributed by atoms with Gasteiger partial charge in [-0.05, 0) is 56.4 Å². The summed E-state index contributed by atoms with van der Waals surface area (Å²) in [6.45, 7) is 3.71. The molecule has 1 atom stereocenters. The molecule has 0 saturated carbocycles. The van der Waals surface area contributed by atoms with Gasteiger partial charge in [0.15, 0.2) is 0 Å². The zero-order valence-electron chi connectivity index (χ0n) is 14.2. The molecule has 19 heavy (non-hydrogen) atoms. The van der Waals surface area contributed by atoms with Gasteiger partial charge in [-0.25, -0.2) is 0 Å². The molecule has 0 bridgehead atoms. The van der Waals surface area contributed by atoms with Crippen molar-refractivity contribution in [2.24, 2.45) is 0 Å². The van der Waals surface area contributed by atoms with Crippen LogP contribution < -0.4 is 0 Å². The molecule has 0 aromatic rings. The molecule has 116 valence electrons. The van der Waals surface area contributed by atoms with E-state index in [1.807, 2.05) is 0 Å². The van der Waals surface area contributed by atoms with Crippen LogP contribution in [0.15, 0.2) is 0 Å². The molecule has 1 unspecified atom stereocenters. The maximum atomic E-state index is 6.14. The Hall–Kier alpha value is -0.200. The van der Waals surface area contributed by atoms with Crippen molar-refractivity contribution >= 4 is 0 Å². The van der Waals surface area contributed by atoms with Crippen molar-refractivity contribution in [2.45, 2.75) is 12.1 Å². The van der Waals surface area contributed by atoms with Gasteiger partial charge < -0.3 is 24.3 Å². The van der Waals surface area contributed by atoms with Crippen molar-refractivity contribution < 1.29 is 4.74 Å². The van der Waals surface area contributed by atoms with E-state index < -0.39 is 0 Å². The predicted molar refractivity (Wildman–Crippen MR) is 82.9 cm³/mol. The smallest absolute Gasteiger partial charge is 0.0828 e. The third-order valence-electron chi connectivity index (χ3n) is 2.97. The van der Waals surface area contributed by atoms with Crippen molar-refractivity contribution in [1.82, 2.24) is 19.6 Å². The molecule has 0 amide bonds. The first kappa shape index (κ1) is 18.8. The van der Waals surface area contributed by atoms with Crippen molar-refractivity contribution in [3.8, 4) is 0 Å². The van der Waals surface area contributed by atoms with E-state index in [0.29, 0.717) is 6.04 Å². The molecule has 0 saturated heterocycles. The maximum absolute atomic E-state index is 6.14. The van der Waals surface area contributed by atoms with Crippen LogP contribution in [-0.4, -0.2) is 114 Å². The van der Waals surface area contributed by atoms with Crippen LogP contribution >= 0.6 is 0 Å². The molecule has 0 heterocycles. The molecule has 0 rings (SSSR count).